The number of carbonyl (C=O) groups is 2. The maximum Gasteiger partial charge on any atom is 0.338 e. The van der Waals surface area contributed by atoms with Crippen LogP contribution in [0.3, 0.4) is 0 Å². The molecule has 204 valence electrons. The van der Waals surface area contributed by atoms with Crippen LogP contribution < -0.4 is 0 Å². The highest BCUT2D eigenvalue weighted by atomic mass is 16.5. The fraction of sp³-hybridized carbons (Fsp3) is 0.750. The monoisotopic (exact) mass is 510 g/mol. The van der Waals surface area contributed by atoms with Gasteiger partial charge in [-0.2, -0.15) is 0 Å². The summed E-state index contributed by atoms with van der Waals surface area (Å²) in [5.74, 6) is 2.82. The Labute approximate surface area is 222 Å². The lowest BCUT2D eigenvalue weighted by Gasteiger charge is -2.62. The summed E-state index contributed by atoms with van der Waals surface area (Å²) >= 11 is 0. The van der Waals surface area contributed by atoms with Gasteiger partial charge in [0.25, 0.3) is 0 Å². The Morgan fingerprint density at radius 3 is 2.51 bits per heavy atom. The molecule has 5 nitrogen and oxygen atoms in total. The summed E-state index contributed by atoms with van der Waals surface area (Å²) in [6.45, 7) is 7.11. The second-order valence-corrected chi connectivity index (χ2v) is 13.2. The minimum absolute atomic E-state index is 0.00682. The van der Waals surface area contributed by atoms with E-state index in [0.29, 0.717) is 47.5 Å². The Morgan fingerprint density at radius 1 is 1.03 bits per heavy atom. The summed E-state index contributed by atoms with van der Waals surface area (Å²) in [7, 11) is 1.46. The summed E-state index contributed by atoms with van der Waals surface area (Å²) in [6.07, 6.45) is 9.59. The molecule has 4 aliphatic carbocycles. The van der Waals surface area contributed by atoms with E-state index in [9.17, 15) is 14.7 Å². The lowest BCUT2D eigenvalue weighted by Crippen LogP contribution is -2.59. The molecule has 4 aliphatic rings. The maximum atomic E-state index is 12.7. The van der Waals surface area contributed by atoms with Crippen LogP contribution in [-0.4, -0.2) is 36.4 Å². The molecule has 0 heterocycles. The van der Waals surface area contributed by atoms with Crippen LogP contribution in [0, 0.1) is 46.3 Å². The number of aliphatic hydroxyl groups excluding tert-OH is 1. The van der Waals surface area contributed by atoms with Crippen molar-refractivity contribution in [1.29, 1.82) is 0 Å². The zero-order valence-corrected chi connectivity index (χ0v) is 23.2. The molecular weight excluding hydrogens is 464 g/mol. The largest absolute Gasteiger partial charge is 0.469 e. The first kappa shape index (κ1) is 26.7. The van der Waals surface area contributed by atoms with Crippen molar-refractivity contribution < 1.29 is 24.2 Å². The van der Waals surface area contributed by atoms with Crippen LogP contribution in [-0.2, 0) is 14.3 Å². The number of carbonyl (C=O) groups excluding carboxylic acids is 2. The second-order valence-electron chi connectivity index (χ2n) is 13.2. The zero-order chi connectivity index (χ0) is 26.4. The highest BCUT2D eigenvalue weighted by molar-refractivity contribution is 5.89. The molecule has 0 radical (unpaired) electrons. The highest BCUT2D eigenvalue weighted by Crippen LogP contribution is 2.68. The SMILES string of the molecule is COC(=O)CCC(C)C1CCC2C3CC[C@@H]4C[C@H](OC(=O)c5ccccc5)CC[C@]4(C)C3C[C@H](O)[C@]12C. The topological polar surface area (TPSA) is 72.8 Å². The molecule has 4 fully saturated rings. The lowest BCUT2D eigenvalue weighted by molar-refractivity contribution is -0.175. The molecular formula is C32H46O5. The molecule has 1 aromatic carbocycles. The number of aliphatic hydroxyl groups is 1. The van der Waals surface area contributed by atoms with Gasteiger partial charge in [-0.15, -0.1) is 0 Å². The number of hydrogen-bond donors (Lipinski definition) is 1. The fourth-order valence-corrected chi connectivity index (χ4v) is 9.69. The number of ether oxygens (including phenoxy) is 2. The molecule has 0 bridgehead atoms. The van der Waals surface area contributed by atoms with Gasteiger partial charge in [-0.25, -0.2) is 4.79 Å². The molecule has 37 heavy (non-hydrogen) atoms. The molecule has 0 amide bonds. The van der Waals surface area contributed by atoms with Crippen LogP contribution in [0.5, 0.6) is 0 Å². The van der Waals surface area contributed by atoms with E-state index in [1.54, 1.807) is 0 Å². The smallest absolute Gasteiger partial charge is 0.338 e. The Bertz CT molecular complexity index is 977. The summed E-state index contributed by atoms with van der Waals surface area (Å²) in [4.78, 5) is 24.5. The molecule has 4 saturated carbocycles. The summed E-state index contributed by atoms with van der Waals surface area (Å²) < 4.78 is 10.9. The van der Waals surface area contributed by atoms with Crippen molar-refractivity contribution in [1.82, 2.24) is 0 Å². The fourth-order valence-electron chi connectivity index (χ4n) is 9.69. The van der Waals surface area contributed by atoms with Gasteiger partial charge in [0.15, 0.2) is 0 Å². The molecule has 0 aromatic heterocycles. The number of methoxy groups -OCH3 is 1. The minimum Gasteiger partial charge on any atom is -0.469 e. The van der Waals surface area contributed by atoms with E-state index in [1.807, 2.05) is 30.3 Å². The van der Waals surface area contributed by atoms with Gasteiger partial charge in [0.2, 0.25) is 0 Å². The molecule has 5 rings (SSSR count). The number of fused-ring (bicyclic) bond motifs is 5. The van der Waals surface area contributed by atoms with Gasteiger partial charge in [-0.1, -0.05) is 39.0 Å². The average Bonchev–Trinajstić information content (AvgIpc) is 3.27. The lowest BCUT2D eigenvalue weighted by atomic mass is 9.43. The van der Waals surface area contributed by atoms with Crippen LogP contribution in [0.25, 0.3) is 0 Å². The summed E-state index contributed by atoms with van der Waals surface area (Å²) in [6, 6.07) is 9.33. The normalized spacial score (nSPS) is 41.6. The van der Waals surface area contributed by atoms with Gasteiger partial charge >= 0.3 is 11.9 Å². The molecule has 1 N–H and O–H groups in total. The van der Waals surface area contributed by atoms with Crippen molar-refractivity contribution in [2.45, 2.75) is 97.2 Å². The van der Waals surface area contributed by atoms with Crippen molar-refractivity contribution in [3.05, 3.63) is 35.9 Å². The maximum absolute atomic E-state index is 12.7. The number of rotatable bonds is 6. The van der Waals surface area contributed by atoms with Crippen molar-refractivity contribution in [3.8, 4) is 0 Å². The minimum atomic E-state index is -0.295. The number of hydrogen-bond acceptors (Lipinski definition) is 5. The van der Waals surface area contributed by atoms with Crippen molar-refractivity contribution in [3.63, 3.8) is 0 Å². The van der Waals surface area contributed by atoms with Gasteiger partial charge in [0.1, 0.15) is 6.10 Å². The molecule has 0 aliphatic heterocycles. The van der Waals surface area contributed by atoms with Crippen LogP contribution in [0.1, 0.15) is 95.3 Å². The Balaban J connectivity index is 1.27. The standard InChI is InChI=1S/C32H46O5/c1-20(10-15-29(34)36-4)25-13-14-26-24-12-11-22-18-23(37-30(35)21-8-6-5-7-9-21)16-17-31(22,2)27(24)19-28(33)32(25,26)3/h5-9,20,22-28,33H,10-19H2,1-4H3/t20?,22-,23-,24?,25?,26?,27?,28+,31+,32-/m1/s1. The molecule has 5 unspecified atom stereocenters. The highest BCUT2D eigenvalue weighted by Gasteiger charge is 2.63. The second kappa shape index (κ2) is 10.4. The van der Waals surface area contributed by atoms with Crippen molar-refractivity contribution in [2.24, 2.45) is 46.3 Å². The number of esters is 2. The molecule has 0 spiro atoms. The zero-order valence-electron chi connectivity index (χ0n) is 23.2. The average molecular weight is 511 g/mol. The third-order valence-electron chi connectivity index (χ3n) is 11.8. The third kappa shape index (κ3) is 4.64. The quantitative estimate of drug-likeness (QED) is 0.447. The number of benzene rings is 1. The Morgan fingerprint density at radius 2 is 1.78 bits per heavy atom. The van der Waals surface area contributed by atoms with Gasteiger partial charge in [-0.05, 0) is 116 Å². The Kier molecular flexibility index (Phi) is 7.48. The van der Waals surface area contributed by atoms with Gasteiger partial charge in [-0.3, -0.25) is 4.79 Å². The summed E-state index contributed by atoms with van der Waals surface area (Å²) in [5.41, 5.74) is 0.767. The first-order chi connectivity index (χ1) is 17.7. The van der Waals surface area contributed by atoms with E-state index in [1.165, 1.54) is 26.4 Å². The molecule has 0 saturated heterocycles. The predicted molar refractivity (Wildman–Crippen MR) is 143 cm³/mol. The molecule has 10 atom stereocenters. The first-order valence-corrected chi connectivity index (χ1v) is 14.7. The van der Waals surface area contributed by atoms with E-state index in [0.717, 1.165) is 38.5 Å². The van der Waals surface area contributed by atoms with Crippen LogP contribution in [0.15, 0.2) is 30.3 Å². The van der Waals surface area contributed by atoms with E-state index < -0.39 is 0 Å². The third-order valence-corrected chi connectivity index (χ3v) is 11.8. The van der Waals surface area contributed by atoms with E-state index in [4.69, 9.17) is 9.47 Å². The summed E-state index contributed by atoms with van der Waals surface area (Å²) in [5, 5.41) is 11.8. The molecule has 5 heteroatoms. The van der Waals surface area contributed by atoms with Crippen molar-refractivity contribution >= 4 is 11.9 Å². The Hall–Kier alpha value is -1.88. The van der Waals surface area contributed by atoms with E-state index in [2.05, 4.69) is 20.8 Å². The van der Waals surface area contributed by atoms with Crippen molar-refractivity contribution in [2.75, 3.05) is 7.11 Å². The van der Waals surface area contributed by atoms with Crippen LogP contribution in [0.2, 0.25) is 0 Å². The van der Waals surface area contributed by atoms with Gasteiger partial charge in [0.05, 0.1) is 18.8 Å². The van der Waals surface area contributed by atoms with Gasteiger partial charge < -0.3 is 14.6 Å². The van der Waals surface area contributed by atoms with Crippen LogP contribution >= 0.6 is 0 Å². The molecule has 1 aromatic rings. The van der Waals surface area contributed by atoms with Crippen LogP contribution in [0.4, 0.5) is 0 Å². The van der Waals surface area contributed by atoms with E-state index in [-0.39, 0.29) is 35.0 Å². The van der Waals surface area contributed by atoms with Gasteiger partial charge in [0, 0.05) is 6.42 Å². The first-order valence-electron chi connectivity index (χ1n) is 14.7. The van der Waals surface area contributed by atoms with E-state index >= 15 is 0 Å². The predicted octanol–water partition coefficient (Wildman–Crippen LogP) is 6.43.